The molecule has 2 saturated heterocycles. The summed E-state index contributed by atoms with van der Waals surface area (Å²) in [7, 11) is 0. The number of hydrogen-bond donors (Lipinski definition) is 2. The molecule has 0 spiro atoms. The number of carboxylic acid groups (broad SMARTS) is 1. The maximum Gasteiger partial charge on any atom is 0.408 e. The first kappa shape index (κ1) is 26.7. The van der Waals surface area contributed by atoms with E-state index < -0.39 is 17.6 Å². The zero-order valence-electron chi connectivity index (χ0n) is 23.4. The number of rotatable bonds is 7. The van der Waals surface area contributed by atoms with Crippen LogP contribution in [0, 0.1) is 17.8 Å². The van der Waals surface area contributed by atoms with E-state index in [1.54, 1.807) is 4.90 Å². The van der Waals surface area contributed by atoms with E-state index in [0.29, 0.717) is 45.6 Å². The summed E-state index contributed by atoms with van der Waals surface area (Å²) in [6.45, 7) is 2.81. The first-order valence-corrected chi connectivity index (χ1v) is 14.9. The molecule has 3 aromatic carbocycles. The van der Waals surface area contributed by atoms with E-state index in [0.717, 1.165) is 27.8 Å². The van der Waals surface area contributed by atoms with Crippen LogP contribution in [0.15, 0.2) is 78.9 Å². The maximum atomic E-state index is 14.2. The lowest BCUT2D eigenvalue weighted by molar-refractivity contribution is -0.140. The zero-order valence-corrected chi connectivity index (χ0v) is 23.4. The molecule has 2 heterocycles. The lowest BCUT2D eigenvalue weighted by Crippen LogP contribution is -2.62. The number of aliphatic carboxylic acids is 1. The molecule has 2 N–H and O–H groups in total. The number of amides is 2. The predicted molar refractivity (Wildman–Crippen MR) is 157 cm³/mol. The number of carbonyl (C=O) groups excluding carboxylic acids is 2. The van der Waals surface area contributed by atoms with Gasteiger partial charge in [0.2, 0.25) is 5.91 Å². The van der Waals surface area contributed by atoms with Gasteiger partial charge in [0.25, 0.3) is 0 Å². The van der Waals surface area contributed by atoms with Gasteiger partial charge >= 0.3 is 12.1 Å². The maximum absolute atomic E-state index is 14.2. The second-order valence-corrected chi connectivity index (χ2v) is 12.2. The Morgan fingerprint density at radius 2 is 1.55 bits per heavy atom. The molecule has 4 atom stereocenters. The molecular weight excluding hydrogens is 530 g/mol. The van der Waals surface area contributed by atoms with Gasteiger partial charge in [-0.15, -0.1) is 0 Å². The van der Waals surface area contributed by atoms with E-state index in [4.69, 9.17) is 4.74 Å². The third-order valence-electron chi connectivity index (χ3n) is 9.76. The van der Waals surface area contributed by atoms with E-state index in [1.807, 2.05) is 42.5 Å². The van der Waals surface area contributed by atoms with Gasteiger partial charge in [0.1, 0.15) is 12.1 Å². The lowest BCUT2D eigenvalue weighted by atomic mass is 9.95. The Kier molecular flexibility index (Phi) is 6.73. The van der Waals surface area contributed by atoms with Crippen LogP contribution in [0.3, 0.4) is 0 Å². The summed E-state index contributed by atoms with van der Waals surface area (Å²) < 4.78 is 5.88. The minimum Gasteiger partial charge on any atom is -0.481 e. The molecule has 2 aliphatic carbocycles. The number of nitrogens with zero attached hydrogens (tertiary/aromatic N) is 2. The van der Waals surface area contributed by atoms with Gasteiger partial charge in [-0.1, -0.05) is 78.9 Å². The number of alkyl carbamates (subject to hydrolysis) is 1. The number of hydrogen-bond acceptors (Lipinski definition) is 5. The van der Waals surface area contributed by atoms with E-state index >= 15 is 0 Å². The van der Waals surface area contributed by atoms with Crippen LogP contribution >= 0.6 is 0 Å². The highest BCUT2D eigenvalue weighted by Gasteiger charge is 2.59. The molecule has 8 nitrogen and oxygen atoms in total. The quantitative estimate of drug-likeness (QED) is 0.442. The molecule has 0 bridgehead atoms. The average Bonchev–Trinajstić information content (AvgIpc) is 3.47. The molecule has 2 aliphatic heterocycles. The predicted octanol–water partition coefficient (Wildman–Crippen LogP) is 4.35. The van der Waals surface area contributed by atoms with Gasteiger partial charge in [0.05, 0.1) is 5.92 Å². The van der Waals surface area contributed by atoms with Gasteiger partial charge in [-0.25, -0.2) is 4.79 Å². The van der Waals surface area contributed by atoms with Crippen molar-refractivity contribution in [1.29, 1.82) is 0 Å². The number of fused-ring (bicyclic) bond motifs is 4. The molecule has 4 aliphatic rings. The number of nitrogens with one attached hydrogen (secondary N) is 1. The Hall–Kier alpha value is -4.17. The molecule has 42 heavy (non-hydrogen) atoms. The van der Waals surface area contributed by atoms with Crippen molar-refractivity contribution in [3.63, 3.8) is 0 Å². The third kappa shape index (κ3) is 4.73. The van der Waals surface area contributed by atoms with Crippen LogP contribution in [0.1, 0.15) is 35.4 Å². The van der Waals surface area contributed by atoms with Crippen LogP contribution in [0.2, 0.25) is 0 Å². The van der Waals surface area contributed by atoms with Crippen molar-refractivity contribution in [2.45, 2.75) is 30.8 Å². The van der Waals surface area contributed by atoms with Crippen molar-refractivity contribution in [1.82, 2.24) is 15.1 Å². The summed E-state index contributed by atoms with van der Waals surface area (Å²) in [5.41, 5.74) is 4.59. The van der Waals surface area contributed by atoms with E-state index in [1.165, 1.54) is 0 Å². The SMILES string of the molecule is O=C(NC1(C(=O)N2CCC3C(C2)C3C(=O)O)CCN(Cc2ccccc2)C1)OCC1c2ccccc2-c2ccccc21. The van der Waals surface area contributed by atoms with Crippen molar-refractivity contribution < 1.29 is 24.2 Å². The van der Waals surface area contributed by atoms with Gasteiger partial charge < -0.3 is 20.1 Å². The molecule has 3 fully saturated rings. The van der Waals surface area contributed by atoms with Crippen molar-refractivity contribution >= 4 is 18.0 Å². The molecule has 4 unspecified atom stereocenters. The molecule has 1 saturated carbocycles. The Labute approximate surface area is 245 Å². The van der Waals surface area contributed by atoms with Crippen LogP contribution in [0.25, 0.3) is 11.1 Å². The topological polar surface area (TPSA) is 99.2 Å². The summed E-state index contributed by atoms with van der Waals surface area (Å²) >= 11 is 0. The largest absolute Gasteiger partial charge is 0.481 e. The first-order valence-electron chi connectivity index (χ1n) is 14.9. The Bertz CT molecular complexity index is 1480. The van der Waals surface area contributed by atoms with Gasteiger partial charge in [-0.05, 0) is 52.5 Å². The standard InChI is InChI=1S/C34H35N3O5/c38-31(39)30-27-14-16-37(19-28(27)30)32(40)34(15-17-36(21-34)18-22-8-2-1-3-9-22)35-33(41)42-20-29-25-12-6-4-10-23(25)24-11-5-7-13-26(24)29/h1-13,27-30H,14-21H2,(H,35,41)(H,38,39). The monoisotopic (exact) mass is 565 g/mol. The fourth-order valence-corrected chi connectivity index (χ4v) is 7.62. The molecule has 3 aromatic rings. The summed E-state index contributed by atoms with van der Waals surface area (Å²) in [5, 5.41) is 12.6. The molecule has 8 heteroatoms. The van der Waals surface area contributed by atoms with Gasteiger partial charge in [0, 0.05) is 38.6 Å². The van der Waals surface area contributed by atoms with E-state index in [2.05, 4.69) is 46.6 Å². The minimum atomic E-state index is -1.13. The molecule has 2 amide bonds. The number of likely N-dealkylation sites (tertiary alicyclic amines) is 2. The Balaban J connectivity index is 1.08. The molecule has 216 valence electrons. The number of carboxylic acids is 1. The second-order valence-electron chi connectivity index (χ2n) is 12.2. The highest BCUT2D eigenvalue weighted by molar-refractivity contribution is 5.91. The summed E-state index contributed by atoms with van der Waals surface area (Å²) in [5.74, 6) is -1.21. The van der Waals surface area contributed by atoms with Crippen molar-refractivity contribution in [2.24, 2.45) is 17.8 Å². The van der Waals surface area contributed by atoms with Crippen LogP contribution in [0.4, 0.5) is 4.79 Å². The highest BCUT2D eigenvalue weighted by atomic mass is 16.5. The first-order chi connectivity index (χ1) is 20.4. The minimum absolute atomic E-state index is 0.00599. The van der Waals surface area contributed by atoms with Crippen molar-refractivity contribution in [3.8, 4) is 11.1 Å². The van der Waals surface area contributed by atoms with Gasteiger partial charge in [0.15, 0.2) is 0 Å². The number of carbonyl (C=O) groups is 3. The lowest BCUT2D eigenvalue weighted by Gasteiger charge is -2.36. The zero-order chi connectivity index (χ0) is 28.8. The van der Waals surface area contributed by atoms with Crippen molar-refractivity contribution in [3.05, 3.63) is 95.6 Å². The highest BCUT2D eigenvalue weighted by Crippen LogP contribution is 2.52. The van der Waals surface area contributed by atoms with Gasteiger partial charge in [-0.2, -0.15) is 0 Å². The van der Waals surface area contributed by atoms with Crippen LogP contribution < -0.4 is 5.32 Å². The fourth-order valence-electron chi connectivity index (χ4n) is 7.62. The number of ether oxygens (including phenoxy) is 1. The Morgan fingerprint density at radius 3 is 2.24 bits per heavy atom. The summed E-state index contributed by atoms with van der Waals surface area (Å²) in [6.07, 6.45) is 0.550. The van der Waals surface area contributed by atoms with Crippen LogP contribution in [0.5, 0.6) is 0 Å². The van der Waals surface area contributed by atoms with E-state index in [-0.39, 0.29) is 36.2 Å². The normalized spacial score (nSPS) is 26.2. The van der Waals surface area contributed by atoms with Crippen LogP contribution in [-0.2, 0) is 20.9 Å². The number of piperidine rings is 1. The van der Waals surface area contributed by atoms with Gasteiger partial charge in [-0.3, -0.25) is 14.5 Å². The van der Waals surface area contributed by atoms with Crippen molar-refractivity contribution in [2.75, 3.05) is 32.8 Å². The average molecular weight is 566 g/mol. The third-order valence-corrected chi connectivity index (χ3v) is 9.76. The summed E-state index contributed by atoms with van der Waals surface area (Å²) in [4.78, 5) is 43.2. The molecule has 0 radical (unpaired) electrons. The molecule has 7 rings (SSSR count). The molecular formula is C34H35N3O5. The van der Waals surface area contributed by atoms with E-state index in [9.17, 15) is 19.5 Å². The summed E-state index contributed by atoms with van der Waals surface area (Å²) in [6, 6.07) is 26.5. The Morgan fingerprint density at radius 1 is 0.881 bits per heavy atom. The smallest absolute Gasteiger partial charge is 0.408 e. The number of benzene rings is 3. The van der Waals surface area contributed by atoms with Crippen LogP contribution in [-0.4, -0.2) is 71.2 Å². The second kappa shape index (κ2) is 10.6. The molecule has 0 aromatic heterocycles. The fraction of sp³-hybridized carbons (Fsp3) is 0.382.